The van der Waals surface area contributed by atoms with Gasteiger partial charge >= 0.3 is 0 Å². The minimum absolute atomic E-state index is 0.0984. The number of carbonyl (C=O) groups is 1. The number of rotatable bonds is 3. The maximum atomic E-state index is 10.3. The van der Waals surface area contributed by atoms with Crippen LogP contribution in [0.3, 0.4) is 0 Å². The molecule has 0 aliphatic carbocycles. The second kappa shape index (κ2) is 3.91. The molecule has 1 fully saturated rings. The van der Waals surface area contributed by atoms with Crippen LogP contribution in [-0.2, 0) is 4.79 Å². The van der Waals surface area contributed by atoms with Crippen LogP contribution in [0.2, 0.25) is 0 Å². The van der Waals surface area contributed by atoms with Gasteiger partial charge in [0.1, 0.15) is 6.17 Å². The van der Waals surface area contributed by atoms with E-state index in [4.69, 9.17) is 11.6 Å². The van der Waals surface area contributed by atoms with Crippen LogP contribution >= 0.6 is 11.6 Å². The first-order valence-electron chi connectivity index (χ1n) is 3.37. The van der Waals surface area contributed by atoms with Crippen molar-refractivity contribution in [1.29, 1.82) is 0 Å². The summed E-state index contributed by atoms with van der Waals surface area (Å²) >= 11 is 5.52. The number of nitrogens with one attached hydrogen (secondary N) is 1. The molecular formula is C6H11ClN2O. The smallest absolute Gasteiger partial charge is 0.151 e. The lowest BCUT2D eigenvalue weighted by Gasteiger charge is -2.16. The molecule has 0 bridgehead atoms. The number of alkyl halides is 1. The lowest BCUT2D eigenvalue weighted by Crippen LogP contribution is -2.37. The molecule has 0 amide bonds. The highest BCUT2D eigenvalue weighted by molar-refractivity contribution is 6.18. The number of halogens is 1. The van der Waals surface area contributed by atoms with Gasteiger partial charge < -0.3 is 4.79 Å². The average molecular weight is 163 g/mol. The van der Waals surface area contributed by atoms with Crippen molar-refractivity contribution in [3.63, 3.8) is 0 Å². The first-order valence-corrected chi connectivity index (χ1v) is 3.90. The van der Waals surface area contributed by atoms with Gasteiger partial charge in [-0.15, -0.1) is 11.6 Å². The molecule has 0 saturated carbocycles. The largest absolute Gasteiger partial charge is 0.300 e. The maximum Gasteiger partial charge on any atom is 0.151 e. The van der Waals surface area contributed by atoms with Gasteiger partial charge in [0, 0.05) is 25.5 Å². The summed E-state index contributed by atoms with van der Waals surface area (Å²) in [4.78, 5) is 12.4. The van der Waals surface area contributed by atoms with Gasteiger partial charge in [-0.25, -0.2) is 0 Å². The van der Waals surface area contributed by atoms with Gasteiger partial charge in [-0.1, -0.05) is 0 Å². The number of carbonyl (C=O) groups excluding carboxylic acids is 1. The molecule has 10 heavy (non-hydrogen) atoms. The SMILES string of the molecule is O=CC1NCCN1CCCl. The monoisotopic (exact) mass is 162 g/mol. The zero-order valence-corrected chi connectivity index (χ0v) is 6.47. The van der Waals surface area contributed by atoms with Crippen molar-refractivity contribution < 1.29 is 4.79 Å². The summed E-state index contributed by atoms with van der Waals surface area (Å²) in [6, 6.07) is 0. The Morgan fingerprint density at radius 2 is 2.60 bits per heavy atom. The van der Waals surface area contributed by atoms with Crippen molar-refractivity contribution in [2.45, 2.75) is 6.17 Å². The van der Waals surface area contributed by atoms with Crippen molar-refractivity contribution in [3.8, 4) is 0 Å². The van der Waals surface area contributed by atoms with E-state index in [-0.39, 0.29) is 6.17 Å². The molecule has 4 heteroatoms. The van der Waals surface area contributed by atoms with E-state index in [1.807, 2.05) is 4.90 Å². The van der Waals surface area contributed by atoms with Crippen LogP contribution in [0.5, 0.6) is 0 Å². The van der Waals surface area contributed by atoms with Gasteiger partial charge in [-0.3, -0.25) is 10.2 Å². The molecule has 1 heterocycles. The molecule has 0 spiro atoms. The fraction of sp³-hybridized carbons (Fsp3) is 0.833. The summed E-state index contributed by atoms with van der Waals surface area (Å²) in [5, 5.41) is 3.04. The summed E-state index contributed by atoms with van der Waals surface area (Å²) in [6.07, 6.45) is 0.818. The van der Waals surface area contributed by atoms with Crippen molar-refractivity contribution in [3.05, 3.63) is 0 Å². The van der Waals surface area contributed by atoms with E-state index in [0.29, 0.717) is 5.88 Å². The van der Waals surface area contributed by atoms with Gasteiger partial charge in [-0.2, -0.15) is 0 Å². The summed E-state index contributed by atoms with van der Waals surface area (Å²) < 4.78 is 0. The van der Waals surface area contributed by atoms with Crippen LogP contribution in [0.25, 0.3) is 0 Å². The molecule has 1 unspecified atom stereocenters. The van der Waals surface area contributed by atoms with Gasteiger partial charge in [-0.05, 0) is 0 Å². The van der Waals surface area contributed by atoms with Crippen LogP contribution < -0.4 is 5.32 Å². The zero-order chi connectivity index (χ0) is 7.40. The van der Waals surface area contributed by atoms with Gasteiger partial charge in [0.05, 0.1) is 0 Å². The topological polar surface area (TPSA) is 32.3 Å². The highest BCUT2D eigenvalue weighted by atomic mass is 35.5. The molecule has 3 nitrogen and oxygen atoms in total. The third kappa shape index (κ3) is 1.68. The molecule has 0 aromatic carbocycles. The predicted octanol–water partition coefficient (Wildman–Crippen LogP) is -0.345. The third-order valence-electron chi connectivity index (χ3n) is 1.65. The molecule has 1 saturated heterocycles. The Bertz CT molecular complexity index is 120. The van der Waals surface area contributed by atoms with E-state index in [1.54, 1.807) is 0 Å². The van der Waals surface area contributed by atoms with Gasteiger partial charge in [0.2, 0.25) is 0 Å². The van der Waals surface area contributed by atoms with Crippen LogP contribution in [0.4, 0.5) is 0 Å². The molecular weight excluding hydrogens is 152 g/mol. The van der Waals surface area contributed by atoms with E-state index in [0.717, 1.165) is 25.9 Å². The van der Waals surface area contributed by atoms with E-state index < -0.39 is 0 Å². The van der Waals surface area contributed by atoms with Crippen LogP contribution in [-0.4, -0.2) is 42.9 Å². The second-order valence-corrected chi connectivity index (χ2v) is 2.64. The van der Waals surface area contributed by atoms with E-state index in [9.17, 15) is 4.79 Å². The maximum absolute atomic E-state index is 10.3. The van der Waals surface area contributed by atoms with Crippen molar-refractivity contribution in [1.82, 2.24) is 10.2 Å². The molecule has 1 aliphatic heterocycles. The Labute approximate surface area is 65.3 Å². The summed E-state index contributed by atoms with van der Waals surface area (Å²) in [6.45, 7) is 2.61. The van der Waals surface area contributed by atoms with E-state index in [1.165, 1.54) is 0 Å². The molecule has 1 atom stereocenters. The fourth-order valence-electron chi connectivity index (χ4n) is 1.12. The molecule has 0 aromatic heterocycles. The normalized spacial score (nSPS) is 27.1. The molecule has 0 aromatic rings. The average Bonchev–Trinajstić information content (AvgIpc) is 2.36. The van der Waals surface area contributed by atoms with Crippen molar-refractivity contribution in [2.75, 3.05) is 25.5 Å². The highest BCUT2D eigenvalue weighted by Crippen LogP contribution is 1.99. The minimum Gasteiger partial charge on any atom is -0.300 e. The Balaban J connectivity index is 2.34. The Morgan fingerprint density at radius 1 is 1.80 bits per heavy atom. The zero-order valence-electron chi connectivity index (χ0n) is 5.72. The van der Waals surface area contributed by atoms with Crippen LogP contribution in [0, 0.1) is 0 Å². The van der Waals surface area contributed by atoms with Gasteiger partial charge in [0.15, 0.2) is 6.29 Å². The first-order chi connectivity index (χ1) is 4.88. The molecule has 58 valence electrons. The lowest BCUT2D eigenvalue weighted by molar-refractivity contribution is -0.112. The van der Waals surface area contributed by atoms with Crippen molar-refractivity contribution >= 4 is 17.9 Å². The van der Waals surface area contributed by atoms with Crippen molar-refractivity contribution in [2.24, 2.45) is 0 Å². The van der Waals surface area contributed by atoms with Crippen LogP contribution in [0.1, 0.15) is 0 Å². The molecule has 1 N–H and O–H groups in total. The number of nitrogens with zero attached hydrogens (tertiary/aromatic N) is 1. The summed E-state index contributed by atoms with van der Waals surface area (Å²) in [5.74, 6) is 0.589. The predicted molar refractivity (Wildman–Crippen MR) is 40.1 cm³/mol. The lowest BCUT2D eigenvalue weighted by atomic mass is 10.5. The Hall–Kier alpha value is -0.120. The quantitative estimate of drug-likeness (QED) is 0.455. The van der Waals surface area contributed by atoms with Crippen LogP contribution in [0.15, 0.2) is 0 Å². The highest BCUT2D eigenvalue weighted by Gasteiger charge is 2.21. The third-order valence-corrected chi connectivity index (χ3v) is 1.82. The fourth-order valence-corrected chi connectivity index (χ4v) is 1.33. The number of hydrogen-bond acceptors (Lipinski definition) is 3. The Kier molecular flexibility index (Phi) is 3.12. The second-order valence-electron chi connectivity index (χ2n) is 2.26. The van der Waals surface area contributed by atoms with Gasteiger partial charge in [0.25, 0.3) is 0 Å². The molecule has 0 radical (unpaired) electrons. The molecule has 1 aliphatic rings. The number of aldehydes is 1. The summed E-state index contributed by atoms with van der Waals surface area (Å²) in [7, 11) is 0. The van der Waals surface area contributed by atoms with E-state index in [2.05, 4.69) is 5.32 Å². The first kappa shape index (κ1) is 7.98. The minimum atomic E-state index is -0.0984. The Morgan fingerprint density at radius 3 is 3.20 bits per heavy atom. The number of hydrogen-bond donors (Lipinski definition) is 1. The standard InChI is InChI=1S/C6H11ClN2O/c7-1-3-9-4-2-8-6(9)5-10/h5-6,8H,1-4H2. The molecule has 1 rings (SSSR count). The summed E-state index contributed by atoms with van der Waals surface area (Å²) in [5.41, 5.74) is 0. The van der Waals surface area contributed by atoms with E-state index >= 15 is 0 Å².